The van der Waals surface area contributed by atoms with Gasteiger partial charge >= 0.3 is 5.97 Å². The largest absolute Gasteiger partial charge is 0.462 e. The number of ether oxygens (including phenoxy) is 1. The number of amidine groups is 1. The number of carbonyl (C=O) groups is 3. The minimum absolute atomic E-state index is 0.0979. The molecule has 29 heavy (non-hydrogen) atoms. The summed E-state index contributed by atoms with van der Waals surface area (Å²) in [5.74, 6) is -0.824. The van der Waals surface area contributed by atoms with Gasteiger partial charge in [-0.25, -0.2) is 9.79 Å². The number of benzene rings is 2. The third-order valence-corrected chi connectivity index (χ3v) is 5.45. The lowest BCUT2D eigenvalue weighted by Crippen LogP contribution is -2.43. The smallest absolute Gasteiger partial charge is 0.338 e. The SMILES string of the molecule is CCOC(=O)c1ccc(N=C2S[C@H](C(=O)Nc3ccccc3)CC(=O)N2C)cc1. The van der Waals surface area contributed by atoms with Gasteiger partial charge in [-0.2, -0.15) is 0 Å². The number of para-hydroxylation sites is 1. The monoisotopic (exact) mass is 411 g/mol. The van der Waals surface area contributed by atoms with E-state index in [1.807, 2.05) is 18.2 Å². The van der Waals surface area contributed by atoms with Gasteiger partial charge in [0.25, 0.3) is 0 Å². The van der Waals surface area contributed by atoms with E-state index in [1.54, 1.807) is 50.4 Å². The molecule has 1 heterocycles. The Hall–Kier alpha value is -3.13. The van der Waals surface area contributed by atoms with Crippen molar-refractivity contribution < 1.29 is 19.1 Å². The summed E-state index contributed by atoms with van der Waals surface area (Å²) in [4.78, 5) is 42.6. The van der Waals surface area contributed by atoms with Crippen molar-refractivity contribution in [3.8, 4) is 0 Å². The molecule has 0 bridgehead atoms. The number of aliphatic imine (C=N–C) groups is 1. The molecule has 1 aliphatic heterocycles. The molecule has 3 rings (SSSR count). The van der Waals surface area contributed by atoms with Crippen LogP contribution in [0.15, 0.2) is 59.6 Å². The fourth-order valence-corrected chi connectivity index (χ4v) is 3.70. The molecule has 2 amide bonds. The second kappa shape index (κ2) is 9.38. The van der Waals surface area contributed by atoms with Crippen LogP contribution in [0.25, 0.3) is 0 Å². The lowest BCUT2D eigenvalue weighted by molar-refractivity contribution is -0.128. The highest BCUT2D eigenvalue weighted by molar-refractivity contribution is 8.15. The quantitative estimate of drug-likeness (QED) is 0.762. The van der Waals surface area contributed by atoms with Gasteiger partial charge in [-0.05, 0) is 43.3 Å². The Balaban J connectivity index is 1.74. The van der Waals surface area contributed by atoms with Crippen molar-refractivity contribution in [2.24, 2.45) is 4.99 Å². The molecular weight excluding hydrogens is 390 g/mol. The first-order valence-corrected chi connectivity index (χ1v) is 10.0. The van der Waals surface area contributed by atoms with Crippen LogP contribution in [-0.2, 0) is 14.3 Å². The van der Waals surface area contributed by atoms with Crippen molar-refractivity contribution in [1.82, 2.24) is 4.90 Å². The first-order valence-electron chi connectivity index (χ1n) is 9.13. The fourth-order valence-electron chi connectivity index (χ4n) is 2.64. The molecule has 0 radical (unpaired) electrons. The Morgan fingerprint density at radius 2 is 1.86 bits per heavy atom. The average molecular weight is 411 g/mol. The van der Waals surface area contributed by atoms with Gasteiger partial charge in [-0.3, -0.25) is 14.5 Å². The highest BCUT2D eigenvalue weighted by atomic mass is 32.2. The number of amides is 2. The van der Waals surface area contributed by atoms with Crippen LogP contribution >= 0.6 is 11.8 Å². The van der Waals surface area contributed by atoms with Crippen molar-refractivity contribution in [3.05, 3.63) is 60.2 Å². The van der Waals surface area contributed by atoms with Gasteiger partial charge in [0, 0.05) is 19.2 Å². The van der Waals surface area contributed by atoms with Crippen molar-refractivity contribution in [2.45, 2.75) is 18.6 Å². The number of hydrogen-bond donors (Lipinski definition) is 1. The second-order valence-corrected chi connectivity index (χ2v) is 7.45. The van der Waals surface area contributed by atoms with E-state index in [1.165, 1.54) is 16.7 Å². The van der Waals surface area contributed by atoms with E-state index in [2.05, 4.69) is 10.3 Å². The maximum Gasteiger partial charge on any atom is 0.338 e. The summed E-state index contributed by atoms with van der Waals surface area (Å²) in [6.07, 6.45) is 0.0979. The predicted molar refractivity (Wildman–Crippen MR) is 113 cm³/mol. The number of nitrogens with one attached hydrogen (secondary N) is 1. The van der Waals surface area contributed by atoms with Gasteiger partial charge in [-0.1, -0.05) is 30.0 Å². The van der Waals surface area contributed by atoms with E-state index >= 15 is 0 Å². The molecule has 0 aromatic heterocycles. The normalized spacial score (nSPS) is 17.9. The van der Waals surface area contributed by atoms with Crippen LogP contribution in [0.2, 0.25) is 0 Å². The zero-order valence-electron chi connectivity index (χ0n) is 16.1. The van der Waals surface area contributed by atoms with Crippen molar-refractivity contribution in [2.75, 3.05) is 19.0 Å². The summed E-state index contributed by atoms with van der Waals surface area (Å²) in [5.41, 5.74) is 1.68. The van der Waals surface area contributed by atoms with Crippen LogP contribution in [0, 0.1) is 0 Å². The van der Waals surface area contributed by atoms with E-state index in [9.17, 15) is 14.4 Å². The van der Waals surface area contributed by atoms with Gasteiger partial charge in [0.1, 0.15) is 5.25 Å². The summed E-state index contributed by atoms with van der Waals surface area (Å²) in [6.45, 7) is 2.05. The Morgan fingerprint density at radius 1 is 1.17 bits per heavy atom. The minimum Gasteiger partial charge on any atom is -0.462 e. The lowest BCUT2D eigenvalue weighted by Gasteiger charge is -2.28. The maximum atomic E-state index is 12.6. The molecule has 0 unspecified atom stereocenters. The molecule has 0 spiro atoms. The van der Waals surface area contributed by atoms with Gasteiger partial charge in [0.15, 0.2) is 5.17 Å². The van der Waals surface area contributed by atoms with E-state index in [0.717, 1.165) is 0 Å². The van der Waals surface area contributed by atoms with E-state index in [0.29, 0.717) is 28.7 Å². The van der Waals surface area contributed by atoms with Crippen molar-refractivity contribution in [1.29, 1.82) is 0 Å². The molecule has 1 aliphatic rings. The third-order valence-electron chi connectivity index (χ3n) is 4.21. The fraction of sp³-hybridized carbons (Fsp3) is 0.238. The van der Waals surface area contributed by atoms with Crippen molar-refractivity contribution in [3.63, 3.8) is 0 Å². The van der Waals surface area contributed by atoms with Crippen LogP contribution in [-0.4, -0.2) is 46.8 Å². The molecule has 0 saturated carbocycles. The Labute approximate surface area is 173 Å². The Kier molecular flexibility index (Phi) is 6.66. The topological polar surface area (TPSA) is 88.1 Å². The highest BCUT2D eigenvalue weighted by Gasteiger charge is 2.34. The number of nitrogens with zero attached hydrogens (tertiary/aromatic N) is 2. The lowest BCUT2D eigenvalue weighted by atomic mass is 10.2. The molecule has 0 aliphatic carbocycles. The number of anilines is 1. The van der Waals surface area contributed by atoms with E-state index < -0.39 is 11.2 Å². The van der Waals surface area contributed by atoms with Crippen LogP contribution in [0.4, 0.5) is 11.4 Å². The van der Waals surface area contributed by atoms with E-state index in [4.69, 9.17) is 4.74 Å². The van der Waals surface area contributed by atoms with Gasteiger partial charge < -0.3 is 10.1 Å². The van der Waals surface area contributed by atoms with Gasteiger partial charge in [0.2, 0.25) is 11.8 Å². The standard InChI is InChI=1S/C21H21N3O4S/c1-3-28-20(27)14-9-11-16(12-10-14)23-21-24(2)18(25)13-17(29-21)19(26)22-15-7-5-4-6-8-15/h4-12,17H,3,13H2,1-2H3,(H,22,26)/t17-/m0/s1. The number of thioether (sulfide) groups is 1. The number of esters is 1. The molecule has 2 aromatic carbocycles. The van der Waals surface area contributed by atoms with Crippen LogP contribution in [0.3, 0.4) is 0 Å². The minimum atomic E-state index is -0.573. The molecule has 1 N–H and O–H groups in total. The molecular formula is C21H21N3O4S. The second-order valence-electron chi connectivity index (χ2n) is 6.28. The van der Waals surface area contributed by atoms with Crippen molar-refractivity contribution >= 4 is 46.1 Å². The summed E-state index contributed by atoms with van der Waals surface area (Å²) >= 11 is 1.24. The molecule has 8 heteroatoms. The average Bonchev–Trinajstić information content (AvgIpc) is 2.72. The van der Waals surface area contributed by atoms with Crippen LogP contribution in [0.5, 0.6) is 0 Å². The van der Waals surface area contributed by atoms with Crippen LogP contribution in [0.1, 0.15) is 23.7 Å². The zero-order valence-corrected chi connectivity index (χ0v) is 16.9. The first-order chi connectivity index (χ1) is 14.0. The van der Waals surface area contributed by atoms with Gasteiger partial charge in [-0.15, -0.1) is 0 Å². The number of hydrogen-bond acceptors (Lipinski definition) is 6. The molecule has 150 valence electrons. The summed E-state index contributed by atoms with van der Waals surface area (Å²) in [6, 6.07) is 15.7. The summed E-state index contributed by atoms with van der Waals surface area (Å²) in [5, 5.41) is 2.68. The molecule has 7 nitrogen and oxygen atoms in total. The van der Waals surface area contributed by atoms with E-state index in [-0.39, 0.29) is 18.2 Å². The molecule has 1 atom stereocenters. The van der Waals surface area contributed by atoms with Gasteiger partial charge in [0.05, 0.1) is 17.9 Å². The predicted octanol–water partition coefficient (Wildman–Crippen LogP) is 3.45. The number of rotatable bonds is 5. The van der Waals surface area contributed by atoms with Crippen LogP contribution < -0.4 is 5.32 Å². The molecule has 2 aromatic rings. The Morgan fingerprint density at radius 3 is 2.52 bits per heavy atom. The molecule has 1 fully saturated rings. The molecule has 1 saturated heterocycles. The highest BCUT2D eigenvalue weighted by Crippen LogP contribution is 2.29. The summed E-state index contributed by atoms with van der Waals surface area (Å²) in [7, 11) is 1.63. The summed E-state index contributed by atoms with van der Waals surface area (Å²) < 4.78 is 4.96. The first kappa shape index (κ1) is 20.6. The maximum absolute atomic E-state index is 12.6. The Bertz CT molecular complexity index is 929. The number of carbonyl (C=O) groups excluding carboxylic acids is 3. The zero-order chi connectivity index (χ0) is 20.8. The third kappa shape index (κ3) is 5.23.